The lowest BCUT2D eigenvalue weighted by Crippen LogP contribution is -2.50. The minimum absolute atomic E-state index is 0.0631. The Morgan fingerprint density at radius 3 is 2.84 bits per heavy atom. The summed E-state index contributed by atoms with van der Waals surface area (Å²) in [5, 5.41) is 4.33. The second-order valence-electron chi connectivity index (χ2n) is 7.34. The molecule has 0 radical (unpaired) electrons. The highest BCUT2D eigenvalue weighted by atomic mass is 79.9. The first-order valence-electron chi connectivity index (χ1n) is 8.62. The minimum atomic E-state index is -0.541. The number of carbonyl (C=O) groups excluding carboxylic acids is 1. The molecule has 0 spiro atoms. The Morgan fingerprint density at radius 2 is 2.16 bits per heavy atom. The predicted octanol–water partition coefficient (Wildman–Crippen LogP) is 4.49. The Hall–Kier alpha value is -1.66. The predicted molar refractivity (Wildman–Crippen MR) is 104 cm³/mol. The van der Waals surface area contributed by atoms with Gasteiger partial charge in [-0.15, -0.1) is 0 Å². The molecule has 1 aliphatic rings. The van der Waals surface area contributed by atoms with Crippen LogP contribution >= 0.6 is 15.9 Å². The smallest absolute Gasteiger partial charge is 0.415 e. The van der Waals surface area contributed by atoms with E-state index in [4.69, 9.17) is 4.74 Å². The van der Waals surface area contributed by atoms with E-state index >= 15 is 0 Å². The number of hydrogen-bond donors (Lipinski definition) is 1. The molecule has 1 aromatic carbocycles. The third kappa shape index (κ3) is 4.30. The molecule has 0 unspecified atom stereocenters. The lowest BCUT2D eigenvalue weighted by molar-refractivity contribution is 0.0561. The molecular weight excluding hydrogens is 382 g/mol. The van der Waals surface area contributed by atoms with Crippen molar-refractivity contribution in [2.75, 3.05) is 18.0 Å². The number of piperidine rings is 1. The van der Waals surface area contributed by atoms with E-state index < -0.39 is 5.60 Å². The van der Waals surface area contributed by atoms with E-state index in [-0.39, 0.29) is 12.1 Å². The standard InChI is InChI=1S/C19H24BrN3O2/c1-19(2,3)25-18(24)23(14-5-4-9-21-12-14)17-8-10-22-16-7-6-13(20)11-15(16)17/h6-8,10-11,14,21H,4-5,9,12H2,1-3H3/t14-/m0/s1. The summed E-state index contributed by atoms with van der Waals surface area (Å²) in [6, 6.07) is 7.88. The Bertz CT molecular complexity index is 767. The topological polar surface area (TPSA) is 54.5 Å². The number of nitrogens with one attached hydrogen (secondary N) is 1. The highest BCUT2D eigenvalue weighted by Crippen LogP contribution is 2.31. The SMILES string of the molecule is CC(C)(C)OC(=O)N(c1ccnc2ccc(Br)cc12)[C@H]1CCCNC1. The van der Waals surface area contributed by atoms with Crippen LogP contribution in [0.3, 0.4) is 0 Å². The summed E-state index contributed by atoms with van der Waals surface area (Å²) in [6.07, 6.45) is 3.42. The molecule has 0 bridgehead atoms. The van der Waals surface area contributed by atoms with E-state index in [9.17, 15) is 4.79 Å². The zero-order valence-corrected chi connectivity index (χ0v) is 16.5. The van der Waals surface area contributed by atoms with Gasteiger partial charge in [0.15, 0.2) is 0 Å². The lowest BCUT2D eigenvalue weighted by Gasteiger charge is -2.36. The van der Waals surface area contributed by atoms with Gasteiger partial charge in [0.05, 0.1) is 17.2 Å². The number of fused-ring (bicyclic) bond motifs is 1. The van der Waals surface area contributed by atoms with Crippen molar-refractivity contribution in [3.8, 4) is 0 Å². The van der Waals surface area contributed by atoms with Crippen LogP contribution in [-0.2, 0) is 4.74 Å². The number of carbonyl (C=O) groups is 1. The highest BCUT2D eigenvalue weighted by Gasteiger charge is 2.31. The molecule has 1 aromatic heterocycles. The Morgan fingerprint density at radius 1 is 1.36 bits per heavy atom. The number of benzene rings is 1. The average Bonchev–Trinajstić information content (AvgIpc) is 2.55. The van der Waals surface area contributed by atoms with Crippen molar-refractivity contribution < 1.29 is 9.53 Å². The zero-order chi connectivity index (χ0) is 18.0. The Kier molecular flexibility index (Phi) is 5.29. The van der Waals surface area contributed by atoms with Gasteiger partial charge in [-0.05, 0) is 64.4 Å². The van der Waals surface area contributed by atoms with E-state index in [1.54, 1.807) is 11.1 Å². The minimum Gasteiger partial charge on any atom is -0.443 e. The number of amides is 1. The van der Waals surface area contributed by atoms with Crippen LogP contribution in [-0.4, -0.2) is 35.8 Å². The maximum atomic E-state index is 13.0. The monoisotopic (exact) mass is 405 g/mol. The van der Waals surface area contributed by atoms with Crippen molar-refractivity contribution in [3.05, 3.63) is 34.9 Å². The van der Waals surface area contributed by atoms with Crippen LogP contribution in [0.25, 0.3) is 10.9 Å². The molecular formula is C19H24BrN3O2. The second kappa shape index (κ2) is 7.30. The number of aromatic nitrogens is 1. The van der Waals surface area contributed by atoms with Crippen molar-refractivity contribution in [3.63, 3.8) is 0 Å². The Balaban J connectivity index is 2.07. The van der Waals surface area contributed by atoms with Gasteiger partial charge in [-0.2, -0.15) is 0 Å². The number of rotatable bonds is 2. The van der Waals surface area contributed by atoms with Gasteiger partial charge >= 0.3 is 6.09 Å². The fraction of sp³-hybridized carbons (Fsp3) is 0.474. The average molecular weight is 406 g/mol. The van der Waals surface area contributed by atoms with E-state index in [1.165, 1.54) is 0 Å². The summed E-state index contributed by atoms with van der Waals surface area (Å²) in [4.78, 5) is 19.3. The van der Waals surface area contributed by atoms with E-state index in [2.05, 4.69) is 26.2 Å². The van der Waals surface area contributed by atoms with Crippen LogP contribution in [0.2, 0.25) is 0 Å². The molecule has 25 heavy (non-hydrogen) atoms. The molecule has 1 amide bonds. The van der Waals surface area contributed by atoms with Crippen molar-refractivity contribution in [2.24, 2.45) is 0 Å². The van der Waals surface area contributed by atoms with Gasteiger partial charge < -0.3 is 10.1 Å². The third-order valence-corrected chi connectivity index (χ3v) is 4.66. The number of pyridine rings is 1. The fourth-order valence-corrected chi connectivity index (χ4v) is 3.48. The van der Waals surface area contributed by atoms with Gasteiger partial charge in [-0.3, -0.25) is 9.88 Å². The lowest BCUT2D eigenvalue weighted by atomic mass is 10.0. The van der Waals surface area contributed by atoms with Gasteiger partial charge in [0.25, 0.3) is 0 Å². The van der Waals surface area contributed by atoms with Crippen LogP contribution in [0.1, 0.15) is 33.6 Å². The summed E-state index contributed by atoms with van der Waals surface area (Å²) >= 11 is 3.52. The molecule has 1 atom stereocenters. The number of nitrogens with zero attached hydrogens (tertiary/aromatic N) is 2. The first kappa shape index (κ1) is 18.1. The van der Waals surface area contributed by atoms with E-state index in [0.29, 0.717) is 0 Å². The molecule has 134 valence electrons. The molecule has 2 heterocycles. The quantitative estimate of drug-likeness (QED) is 0.799. The molecule has 5 nitrogen and oxygen atoms in total. The summed E-state index contributed by atoms with van der Waals surface area (Å²) in [6.45, 7) is 7.43. The summed E-state index contributed by atoms with van der Waals surface area (Å²) in [5.74, 6) is 0. The summed E-state index contributed by atoms with van der Waals surface area (Å²) in [7, 11) is 0. The number of halogens is 1. The van der Waals surface area contributed by atoms with Gasteiger partial charge in [0, 0.05) is 22.6 Å². The van der Waals surface area contributed by atoms with Crippen molar-refractivity contribution >= 4 is 38.6 Å². The first-order valence-corrected chi connectivity index (χ1v) is 9.42. The maximum Gasteiger partial charge on any atom is 0.415 e. The molecule has 1 N–H and O–H groups in total. The van der Waals surface area contributed by atoms with Crippen molar-refractivity contribution in [1.82, 2.24) is 10.3 Å². The number of hydrogen-bond acceptors (Lipinski definition) is 4. The van der Waals surface area contributed by atoms with Crippen LogP contribution < -0.4 is 10.2 Å². The molecule has 6 heteroatoms. The van der Waals surface area contributed by atoms with Crippen molar-refractivity contribution in [1.29, 1.82) is 0 Å². The van der Waals surface area contributed by atoms with Gasteiger partial charge in [0.1, 0.15) is 5.60 Å². The zero-order valence-electron chi connectivity index (χ0n) is 14.9. The largest absolute Gasteiger partial charge is 0.443 e. The molecule has 2 aromatic rings. The molecule has 1 fully saturated rings. The third-order valence-electron chi connectivity index (χ3n) is 4.17. The molecule has 1 saturated heterocycles. The normalized spacial score (nSPS) is 18.2. The molecule has 3 rings (SSSR count). The molecule has 0 saturated carbocycles. The van der Waals surface area contributed by atoms with E-state index in [0.717, 1.165) is 47.0 Å². The van der Waals surface area contributed by atoms with Crippen LogP contribution in [0.15, 0.2) is 34.9 Å². The highest BCUT2D eigenvalue weighted by molar-refractivity contribution is 9.10. The number of ether oxygens (including phenoxy) is 1. The van der Waals surface area contributed by atoms with Crippen LogP contribution in [0.5, 0.6) is 0 Å². The van der Waals surface area contributed by atoms with Gasteiger partial charge in [-0.1, -0.05) is 15.9 Å². The fourth-order valence-electron chi connectivity index (χ4n) is 3.12. The van der Waals surface area contributed by atoms with Crippen molar-refractivity contribution in [2.45, 2.75) is 45.3 Å². The number of anilines is 1. The van der Waals surface area contributed by atoms with Crippen LogP contribution in [0.4, 0.5) is 10.5 Å². The summed E-state index contributed by atoms with van der Waals surface area (Å²) in [5.41, 5.74) is 1.16. The Labute approximate surface area is 156 Å². The molecule has 0 aliphatic carbocycles. The summed E-state index contributed by atoms with van der Waals surface area (Å²) < 4.78 is 6.67. The second-order valence-corrected chi connectivity index (χ2v) is 8.26. The maximum absolute atomic E-state index is 13.0. The van der Waals surface area contributed by atoms with Gasteiger partial charge in [0.2, 0.25) is 0 Å². The van der Waals surface area contributed by atoms with E-state index in [1.807, 2.05) is 45.0 Å². The molecule has 1 aliphatic heterocycles. The first-order chi connectivity index (χ1) is 11.8. The van der Waals surface area contributed by atoms with Crippen LogP contribution in [0, 0.1) is 0 Å². The van der Waals surface area contributed by atoms with Gasteiger partial charge in [-0.25, -0.2) is 4.79 Å².